The molecule has 0 saturated heterocycles. The smallest absolute Gasteiger partial charge is 0.310 e. The van der Waals surface area contributed by atoms with Gasteiger partial charge in [-0.05, 0) is 38.5 Å². The molecular weight excluding hydrogens is 539 g/mol. The predicted molar refractivity (Wildman–Crippen MR) is 167 cm³/mol. The number of ether oxygens (including phenoxy) is 1. The van der Waals surface area contributed by atoms with Gasteiger partial charge in [0.1, 0.15) is 5.69 Å². The third-order valence-electron chi connectivity index (χ3n) is 6.90. The third-order valence-corrected chi connectivity index (χ3v) is 6.90. The van der Waals surface area contributed by atoms with Gasteiger partial charge in [-0.2, -0.15) is 9.37 Å². The van der Waals surface area contributed by atoms with Crippen LogP contribution < -0.4 is 5.32 Å². The maximum Gasteiger partial charge on any atom is 0.310 e. The number of nitrogens with one attached hydrogen (secondary N) is 1. The van der Waals surface area contributed by atoms with E-state index < -0.39 is 17.6 Å². The van der Waals surface area contributed by atoms with Crippen LogP contribution in [-0.2, 0) is 14.3 Å². The Morgan fingerprint density at radius 2 is 1.64 bits per heavy atom. The molecule has 3 N–H and O–H groups in total. The molecule has 0 aliphatic carbocycles. The van der Waals surface area contributed by atoms with Crippen LogP contribution in [0.3, 0.4) is 0 Å². The second-order valence-electron chi connectivity index (χ2n) is 10.8. The monoisotopic (exact) mass is 592 g/mol. The highest BCUT2D eigenvalue weighted by atomic mass is 19.1. The Bertz CT molecular complexity index is 972. The van der Waals surface area contributed by atoms with Gasteiger partial charge in [0.25, 0.3) is 5.97 Å². The number of nitrogens with zero attached hydrogens (tertiary/aromatic N) is 3. The van der Waals surface area contributed by atoms with E-state index in [0.717, 1.165) is 39.0 Å². The number of terminal acetylenes is 1. The molecule has 0 aliphatic heterocycles. The first-order chi connectivity index (χ1) is 20.0. The molecule has 0 bridgehead atoms. The first-order valence-electron chi connectivity index (χ1n) is 15.3. The van der Waals surface area contributed by atoms with Crippen molar-refractivity contribution in [1.29, 1.82) is 0 Å². The van der Waals surface area contributed by atoms with Crippen molar-refractivity contribution >= 4 is 29.6 Å². The van der Waals surface area contributed by atoms with Crippen LogP contribution in [0.5, 0.6) is 0 Å². The van der Waals surface area contributed by atoms with Crippen molar-refractivity contribution in [2.45, 2.75) is 130 Å². The van der Waals surface area contributed by atoms with Crippen LogP contribution in [0.1, 0.15) is 123 Å². The van der Waals surface area contributed by atoms with Crippen LogP contribution >= 0.6 is 0 Å². The Labute approximate surface area is 252 Å². The second-order valence-corrected chi connectivity index (χ2v) is 10.8. The zero-order valence-corrected chi connectivity index (χ0v) is 26.4. The van der Waals surface area contributed by atoms with Crippen molar-refractivity contribution in [2.24, 2.45) is 10.9 Å². The quantitative estimate of drug-likeness (QED) is 0.0596. The summed E-state index contributed by atoms with van der Waals surface area (Å²) in [7, 11) is 1.49. The topological polar surface area (TPSA) is 134 Å². The van der Waals surface area contributed by atoms with Crippen molar-refractivity contribution in [3.8, 4) is 12.3 Å². The van der Waals surface area contributed by atoms with Gasteiger partial charge in [-0.25, -0.2) is 4.98 Å². The fourth-order valence-corrected chi connectivity index (χ4v) is 4.33. The fraction of sp³-hybridized carbons (Fsp3) is 0.719. The minimum Gasteiger partial charge on any atom is -0.481 e. The average Bonchev–Trinajstić information content (AvgIpc) is 2.93. The molecule has 42 heavy (non-hydrogen) atoms. The number of carboxylic acids is 1. The Balaban J connectivity index is 0.00000393. The normalized spacial score (nSPS) is 13.1. The Hall–Kier alpha value is -2.90. The van der Waals surface area contributed by atoms with Crippen molar-refractivity contribution in [1.82, 2.24) is 9.97 Å². The number of carbonyl (C=O) groups excluding carboxylic acids is 1. The summed E-state index contributed by atoms with van der Waals surface area (Å²) in [4.78, 5) is 33.6. The van der Waals surface area contributed by atoms with E-state index in [0.29, 0.717) is 24.2 Å². The number of aliphatic carboxylic acids is 1. The van der Waals surface area contributed by atoms with Gasteiger partial charge in [0.2, 0.25) is 5.91 Å². The molecule has 0 saturated carbocycles. The first kappa shape index (κ1) is 39.1. The first-order valence-corrected chi connectivity index (χ1v) is 15.3. The van der Waals surface area contributed by atoms with Crippen molar-refractivity contribution < 1.29 is 28.9 Å². The van der Waals surface area contributed by atoms with Crippen LogP contribution in [0.4, 0.5) is 15.9 Å². The summed E-state index contributed by atoms with van der Waals surface area (Å²) in [6.45, 7) is 6.72. The molecular formula is C32H53FN4O5. The van der Waals surface area contributed by atoms with Gasteiger partial charge in [0.15, 0.2) is 11.4 Å². The highest BCUT2D eigenvalue weighted by Crippen LogP contribution is 2.27. The highest BCUT2D eigenvalue weighted by Gasteiger charge is 2.25. The number of halogens is 1. The standard InChI is InChI=1S/C30H49FN4O3.C2H4O2/c1-6-8-9-10-11-12-13-14-15-16-17-20-26(37)34-28-27(25(4)33-29(31)35-28)32-22-24(3)19-18-21-30(7-2,23-36)38-5;1-2(3)4/h2,22,24,36H,6,8-21,23H2,1,3-5H3,(H,33,34,35,37);1H3,(H,3,4). The van der Waals surface area contributed by atoms with E-state index in [-0.39, 0.29) is 24.2 Å². The number of carbonyl (C=O) groups is 2. The molecule has 238 valence electrons. The van der Waals surface area contributed by atoms with Gasteiger partial charge < -0.3 is 20.3 Å². The summed E-state index contributed by atoms with van der Waals surface area (Å²) >= 11 is 0. The van der Waals surface area contributed by atoms with E-state index >= 15 is 0 Å². The molecule has 2 atom stereocenters. The van der Waals surface area contributed by atoms with E-state index in [4.69, 9.17) is 21.1 Å². The van der Waals surface area contributed by atoms with Crippen LogP contribution in [0.15, 0.2) is 4.99 Å². The molecule has 2 unspecified atom stereocenters. The lowest BCUT2D eigenvalue weighted by Crippen LogP contribution is -2.33. The third kappa shape index (κ3) is 18.5. The van der Waals surface area contributed by atoms with Crippen molar-refractivity contribution in [2.75, 3.05) is 19.0 Å². The molecule has 1 amide bonds. The number of aromatic nitrogens is 2. The van der Waals surface area contributed by atoms with Crippen LogP contribution in [-0.4, -0.2) is 57.6 Å². The lowest BCUT2D eigenvalue weighted by molar-refractivity contribution is -0.134. The van der Waals surface area contributed by atoms with Gasteiger partial charge in [0.05, 0.1) is 12.3 Å². The number of hydrogen-bond donors (Lipinski definition) is 3. The Kier molecular flexibility index (Phi) is 22.0. The van der Waals surface area contributed by atoms with Gasteiger partial charge in [-0.3, -0.25) is 14.6 Å². The lowest BCUT2D eigenvalue weighted by atomic mass is 9.95. The number of aliphatic imine (C=N–C) groups is 1. The predicted octanol–water partition coefficient (Wildman–Crippen LogP) is 7.17. The molecule has 0 aliphatic rings. The summed E-state index contributed by atoms with van der Waals surface area (Å²) < 4.78 is 19.2. The van der Waals surface area contributed by atoms with Gasteiger partial charge in [0, 0.05) is 26.7 Å². The van der Waals surface area contributed by atoms with Gasteiger partial charge in [-0.15, -0.1) is 6.42 Å². The SMILES string of the molecule is C#CC(CO)(CCCC(C)C=Nc1c(C)nc(F)nc1NC(=O)CCCCCCCCCCCCC)OC.CC(=O)O. The summed E-state index contributed by atoms with van der Waals surface area (Å²) in [5, 5.41) is 19.7. The van der Waals surface area contributed by atoms with E-state index in [1.54, 1.807) is 13.1 Å². The van der Waals surface area contributed by atoms with E-state index in [1.165, 1.54) is 58.5 Å². The van der Waals surface area contributed by atoms with E-state index in [1.807, 2.05) is 6.92 Å². The van der Waals surface area contributed by atoms with Crippen molar-refractivity contribution in [3.05, 3.63) is 11.8 Å². The zero-order chi connectivity index (χ0) is 31.8. The number of rotatable bonds is 21. The van der Waals surface area contributed by atoms with Crippen LogP contribution in [0, 0.1) is 31.3 Å². The van der Waals surface area contributed by atoms with Crippen LogP contribution in [0.2, 0.25) is 0 Å². The van der Waals surface area contributed by atoms with E-state index in [9.17, 15) is 14.3 Å². The number of anilines is 1. The molecule has 0 spiro atoms. The molecule has 1 rings (SSSR count). The number of aliphatic hydroxyl groups is 1. The lowest BCUT2D eigenvalue weighted by Gasteiger charge is -2.24. The molecule has 0 radical (unpaired) electrons. The number of amides is 1. The number of unbranched alkanes of at least 4 members (excludes halogenated alkanes) is 10. The molecule has 10 heteroatoms. The fourth-order valence-electron chi connectivity index (χ4n) is 4.33. The maximum atomic E-state index is 13.9. The number of aryl methyl sites for hydroxylation is 1. The minimum absolute atomic E-state index is 0.0744. The van der Waals surface area contributed by atoms with Gasteiger partial charge >= 0.3 is 6.08 Å². The number of carboxylic acid groups (broad SMARTS) is 1. The molecule has 9 nitrogen and oxygen atoms in total. The van der Waals surface area contributed by atoms with Gasteiger partial charge in [-0.1, -0.05) is 84.0 Å². The summed E-state index contributed by atoms with van der Waals surface area (Å²) in [5.41, 5.74) is -0.253. The largest absolute Gasteiger partial charge is 0.481 e. The molecule has 0 fully saturated rings. The Morgan fingerprint density at radius 1 is 1.10 bits per heavy atom. The van der Waals surface area contributed by atoms with Crippen molar-refractivity contribution in [3.63, 3.8) is 0 Å². The minimum atomic E-state index is -0.969. The molecule has 0 aromatic carbocycles. The Morgan fingerprint density at radius 3 is 2.14 bits per heavy atom. The van der Waals surface area contributed by atoms with E-state index in [2.05, 4.69) is 33.1 Å². The molecule has 1 aromatic heterocycles. The zero-order valence-electron chi connectivity index (χ0n) is 26.4. The average molecular weight is 593 g/mol. The number of aliphatic hydroxyl groups excluding tert-OH is 1. The maximum absolute atomic E-state index is 13.9. The summed E-state index contributed by atoms with van der Waals surface area (Å²) in [6.07, 6.45) is 22.0. The summed E-state index contributed by atoms with van der Waals surface area (Å²) in [6, 6.07) is 0. The molecule has 1 heterocycles. The number of methoxy groups -OCH3 is 1. The second kappa shape index (κ2) is 23.6. The summed E-state index contributed by atoms with van der Waals surface area (Å²) in [5.74, 6) is 1.66. The van der Waals surface area contributed by atoms with Crippen LogP contribution in [0.25, 0.3) is 0 Å². The molecule has 1 aromatic rings. The highest BCUT2D eigenvalue weighted by molar-refractivity contribution is 5.93. The number of hydrogen-bond acceptors (Lipinski definition) is 7.